The Morgan fingerprint density at radius 3 is 2.65 bits per heavy atom. The van der Waals surface area contributed by atoms with E-state index < -0.39 is 0 Å². The second kappa shape index (κ2) is 6.74. The molecule has 0 saturated heterocycles. The number of aliphatic hydroxyl groups is 1. The largest absolute Gasteiger partial charge is 0.395 e. The van der Waals surface area contributed by atoms with Crippen LogP contribution < -0.4 is 5.73 Å². The van der Waals surface area contributed by atoms with Crippen LogP contribution in [-0.2, 0) is 7.05 Å². The van der Waals surface area contributed by atoms with Gasteiger partial charge in [-0.15, -0.1) is 0 Å². The maximum absolute atomic E-state index is 9.12. The predicted octanol–water partition coefficient (Wildman–Crippen LogP) is 0.513. The fourth-order valence-corrected chi connectivity index (χ4v) is 2.17. The average molecular weight is 240 g/mol. The van der Waals surface area contributed by atoms with Crippen molar-refractivity contribution in [2.45, 2.75) is 32.4 Å². The number of likely N-dealkylation sites (N-methyl/N-ethyl adjacent to an activating group) is 1. The second-order valence-corrected chi connectivity index (χ2v) is 4.32. The van der Waals surface area contributed by atoms with Crippen LogP contribution in [0.25, 0.3) is 0 Å². The minimum atomic E-state index is 0.0608. The van der Waals surface area contributed by atoms with Crippen LogP contribution in [-0.4, -0.2) is 45.5 Å². The SMILES string of the molecule is CCC(N)C(c1cnn(C)c1)N(CC)CCO. The topological polar surface area (TPSA) is 67.3 Å². The number of aromatic nitrogens is 2. The first-order chi connectivity index (χ1) is 8.13. The maximum Gasteiger partial charge on any atom is 0.0558 e. The summed E-state index contributed by atoms with van der Waals surface area (Å²) in [6, 6.07) is 0.191. The summed E-state index contributed by atoms with van der Waals surface area (Å²) >= 11 is 0. The maximum atomic E-state index is 9.12. The van der Waals surface area contributed by atoms with E-state index >= 15 is 0 Å². The van der Waals surface area contributed by atoms with Crippen molar-refractivity contribution in [1.82, 2.24) is 14.7 Å². The first-order valence-electron chi connectivity index (χ1n) is 6.23. The molecule has 0 saturated carbocycles. The van der Waals surface area contributed by atoms with Crippen LogP contribution >= 0.6 is 0 Å². The highest BCUT2D eigenvalue weighted by atomic mass is 16.3. The highest BCUT2D eigenvalue weighted by Gasteiger charge is 2.25. The summed E-state index contributed by atoms with van der Waals surface area (Å²) in [5.41, 5.74) is 7.33. The zero-order valence-electron chi connectivity index (χ0n) is 11.0. The van der Waals surface area contributed by atoms with Gasteiger partial charge in [-0.1, -0.05) is 13.8 Å². The molecule has 1 heterocycles. The van der Waals surface area contributed by atoms with Gasteiger partial charge < -0.3 is 10.8 Å². The molecule has 0 aliphatic heterocycles. The Morgan fingerprint density at radius 1 is 1.53 bits per heavy atom. The molecule has 0 fully saturated rings. The summed E-state index contributed by atoms with van der Waals surface area (Å²) in [4.78, 5) is 2.20. The lowest BCUT2D eigenvalue weighted by molar-refractivity contribution is 0.138. The van der Waals surface area contributed by atoms with Crippen molar-refractivity contribution in [2.75, 3.05) is 19.7 Å². The molecule has 0 bridgehead atoms. The minimum Gasteiger partial charge on any atom is -0.395 e. The predicted molar refractivity (Wildman–Crippen MR) is 68.5 cm³/mol. The smallest absolute Gasteiger partial charge is 0.0558 e. The van der Waals surface area contributed by atoms with Crippen molar-refractivity contribution < 1.29 is 5.11 Å². The molecule has 0 amide bonds. The van der Waals surface area contributed by atoms with Crippen molar-refractivity contribution in [1.29, 1.82) is 0 Å². The second-order valence-electron chi connectivity index (χ2n) is 4.32. The third-order valence-corrected chi connectivity index (χ3v) is 3.13. The van der Waals surface area contributed by atoms with Crippen molar-refractivity contribution in [2.24, 2.45) is 12.8 Å². The molecule has 5 heteroatoms. The van der Waals surface area contributed by atoms with Crippen LogP contribution in [0.15, 0.2) is 12.4 Å². The van der Waals surface area contributed by atoms with E-state index in [0.29, 0.717) is 6.54 Å². The van der Waals surface area contributed by atoms with Crippen LogP contribution in [0.2, 0.25) is 0 Å². The third kappa shape index (κ3) is 3.52. The third-order valence-electron chi connectivity index (χ3n) is 3.13. The van der Waals surface area contributed by atoms with Crippen molar-refractivity contribution in [3.63, 3.8) is 0 Å². The normalized spacial score (nSPS) is 15.2. The summed E-state index contributed by atoms with van der Waals surface area (Å²) in [5, 5.41) is 13.3. The molecule has 5 nitrogen and oxygen atoms in total. The number of hydrogen-bond donors (Lipinski definition) is 2. The standard InChI is InChI=1S/C12H24N4O/c1-4-11(13)12(16(5-2)6-7-17)10-8-14-15(3)9-10/h8-9,11-12,17H,4-7,13H2,1-3H3. The first-order valence-corrected chi connectivity index (χ1v) is 6.23. The molecule has 1 rings (SSSR count). The van der Waals surface area contributed by atoms with Gasteiger partial charge in [0.1, 0.15) is 0 Å². The summed E-state index contributed by atoms with van der Waals surface area (Å²) < 4.78 is 1.79. The number of nitrogens with zero attached hydrogens (tertiary/aromatic N) is 3. The van der Waals surface area contributed by atoms with Gasteiger partial charge in [-0.05, 0) is 13.0 Å². The molecule has 98 valence electrons. The Labute approximate surface area is 103 Å². The van der Waals surface area contributed by atoms with Crippen molar-refractivity contribution in [3.8, 4) is 0 Å². The summed E-state index contributed by atoms with van der Waals surface area (Å²) in [7, 11) is 1.90. The molecule has 0 aromatic carbocycles. The Bertz CT molecular complexity index is 326. The molecule has 2 unspecified atom stereocenters. The monoisotopic (exact) mass is 240 g/mol. The van der Waals surface area contributed by atoms with E-state index in [0.717, 1.165) is 18.5 Å². The minimum absolute atomic E-state index is 0.0608. The van der Waals surface area contributed by atoms with E-state index in [2.05, 4.69) is 23.8 Å². The molecule has 1 aromatic rings. The van der Waals surface area contributed by atoms with Gasteiger partial charge in [0.2, 0.25) is 0 Å². The molecule has 0 aliphatic carbocycles. The van der Waals surface area contributed by atoms with E-state index in [1.54, 1.807) is 4.68 Å². The Balaban J connectivity index is 2.93. The Kier molecular flexibility index (Phi) is 5.61. The summed E-state index contributed by atoms with van der Waals surface area (Å²) in [5.74, 6) is 0. The summed E-state index contributed by atoms with van der Waals surface area (Å²) in [6.07, 6.45) is 4.77. The number of hydrogen-bond acceptors (Lipinski definition) is 4. The molecule has 0 aliphatic rings. The van der Waals surface area contributed by atoms with Crippen LogP contribution in [0.5, 0.6) is 0 Å². The molecular weight excluding hydrogens is 216 g/mol. The van der Waals surface area contributed by atoms with Crippen molar-refractivity contribution in [3.05, 3.63) is 18.0 Å². The van der Waals surface area contributed by atoms with Gasteiger partial charge in [0.25, 0.3) is 0 Å². The quantitative estimate of drug-likeness (QED) is 0.729. The van der Waals surface area contributed by atoms with Crippen LogP contribution in [0.3, 0.4) is 0 Å². The molecular formula is C12H24N4O. The van der Waals surface area contributed by atoms with Crippen LogP contribution in [0.1, 0.15) is 31.9 Å². The molecule has 2 atom stereocenters. The van der Waals surface area contributed by atoms with E-state index in [1.807, 2.05) is 19.4 Å². The fourth-order valence-electron chi connectivity index (χ4n) is 2.17. The highest BCUT2D eigenvalue weighted by Crippen LogP contribution is 2.24. The van der Waals surface area contributed by atoms with Crippen LogP contribution in [0, 0.1) is 0 Å². The van der Waals surface area contributed by atoms with Crippen LogP contribution in [0.4, 0.5) is 0 Å². The molecule has 3 N–H and O–H groups in total. The molecule has 17 heavy (non-hydrogen) atoms. The average Bonchev–Trinajstić information content (AvgIpc) is 2.74. The summed E-state index contributed by atoms with van der Waals surface area (Å²) in [6.45, 7) is 5.83. The lowest BCUT2D eigenvalue weighted by Crippen LogP contribution is -2.42. The number of rotatable bonds is 7. The fraction of sp³-hybridized carbons (Fsp3) is 0.750. The van der Waals surface area contributed by atoms with E-state index in [-0.39, 0.29) is 18.7 Å². The molecule has 0 radical (unpaired) electrons. The van der Waals surface area contributed by atoms with Gasteiger partial charge >= 0.3 is 0 Å². The van der Waals surface area contributed by atoms with Gasteiger partial charge in [-0.2, -0.15) is 5.10 Å². The molecule has 0 spiro atoms. The number of aliphatic hydroxyl groups excluding tert-OH is 1. The Hall–Kier alpha value is -0.910. The zero-order valence-corrected chi connectivity index (χ0v) is 11.0. The van der Waals surface area contributed by atoms with Gasteiger partial charge in [-0.25, -0.2) is 0 Å². The lowest BCUT2D eigenvalue weighted by atomic mass is 9.99. The van der Waals surface area contributed by atoms with Gasteiger partial charge in [0.15, 0.2) is 0 Å². The highest BCUT2D eigenvalue weighted by molar-refractivity contribution is 5.13. The van der Waals surface area contributed by atoms with Crippen molar-refractivity contribution >= 4 is 0 Å². The van der Waals surface area contributed by atoms with Gasteiger partial charge in [-0.3, -0.25) is 9.58 Å². The Morgan fingerprint density at radius 2 is 2.24 bits per heavy atom. The first kappa shape index (κ1) is 14.2. The van der Waals surface area contributed by atoms with E-state index in [4.69, 9.17) is 10.8 Å². The number of aryl methyl sites for hydroxylation is 1. The van der Waals surface area contributed by atoms with E-state index in [1.165, 1.54) is 0 Å². The lowest BCUT2D eigenvalue weighted by Gasteiger charge is -2.33. The molecule has 1 aromatic heterocycles. The van der Waals surface area contributed by atoms with E-state index in [9.17, 15) is 0 Å². The van der Waals surface area contributed by atoms with Gasteiger partial charge in [0, 0.05) is 31.4 Å². The van der Waals surface area contributed by atoms with Gasteiger partial charge in [0.05, 0.1) is 18.8 Å². The number of nitrogens with two attached hydrogens (primary N) is 1. The zero-order chi connectivity index (χ0) is 12.8.